The Balaban J connectivity index is 2.95. The van der Waals surface area contributed by atoms with E-state index in [1.165, 1.54) is 0 Å². The summed E-state index contributed by atoms with van der Waals surface area (Å²) in [5.74, 6) is 0. The molecule has 2 rings (SSSR count). The van der Waals surface area contributed by atoms with Crippen molar-refractivity contribution in [3.05, 3.63) is 12.5 Å². The molecule has 0 aliphatic rings. The van der Waals surface area contributed by atoms with Crippen molar-refractivity contribution in [2.75, 3.05) is 0 Å². The van der Waals surface area contributed by atoms with Crippen LogP contribution in [0.25, 0.3) is 11.0 Å². The van der Waals surface area contributed by atoms with Crippen molar-refractivity contribution in [2.45, 2.75) is 0 Å². The van der Waals surface area contributed by atoms with E-state index in [-0.39, 0.29) is 0 Å². The molecule has 0 bridgehead atoms. The molecule has 4 nitrogen and oxygen atoms in total. The molecule has 0 unspecified atom stereocenters. The van der Waals surface area contributed by atoms with Crippen LogP contribution in [0, 0.1) is 0 Å². The Kier molecular flexibility index (Phi) is 1.19. The lowest BCUT2D eigenvalue weighted by molar-refractivity contribution is 1.07. The summed E-state index contributed by atoms with van der Waals surface area (Å²) in [5.41, 5.74) is 1.78. The topological polar surface area (TPSA) is 54.5 Å². The van der Waals surface area contributed by atoms with Crippen LogP contribution in [0.4, 0.5) is 0 Å². The Bertz CT molecular complexity index is 355. The van der Waals surface area contributed by atoms with Gasteiger partial charge in [0.15, 0.2) is 0 Å². The third kappa shape index (κ3) is 0.720. The fraction of sp³-hybridized carbons (Fsp3) is 0. The lowest BCUT2D eigenvalue weighted by Crippen LogP contribution is -2.10. The minimum Gasteiger partial charge on any atom is -0.343 e. The largest absolute Gasteiger partial charge is 0.343 e. The number of H-pyrrole nitrogens is 1. The summed E-state index contributed by atoms with van der Waals surface area (Å²) >= 11 is 2.48. The molecule has 0 spiro atoms. The number of nitrogens with zero attached hydrogens (tertiary/aromatic N) is 3. The molecular formula is C5H3AlN4. The normalized spacial score (nSPS) is 10.4. The maximum atomic E-state index is 4.04. The van der Waals surface area contributed by atoms with E-state index in [9.17, 15) is 0 Å². The van der Waals surface area contributed by atoms with Gasteiger partial charge in [0.05, 0.1) is 23.6 Å². The first-order chi connectivity index (χ1) is 4.88. The zero-order chi connectivity index (χ0) is 6.97. The van der Waals surface area contributed by atoms with Crippen molar-refractivity contribution in [1.82, 2.24) is 20.2 Å². The molecular weight excluding hydrogens is 143 g/mol. The predicted molar refractivity (Wildman–Crippen MR) is 37.1 cm³/mol. The summed E-state index contributed by atoms with van der Waals surface area (Å²) in [6.45, 7) is 0. The van der Waals surface area contributed by atoms with Crippen LogP contribution in [-0.2, 0) is 0 Å². The fourth-order valence-electron chi connectivity index (χ4n) is 0.803. The highest BCUT2D eigenvalue weighted by atomic mass is 27.0. The summed E-state index contributed by atoms with van der Waals surface area (Å²) < 4.78 is 0.777. The summed E-state index contributed by atoms with van der Waals surface area (Å²) in [5, 5.41) is 7.55. The zero-order valence-corrected chi connectivity index (χ0v) is 6.23. The predicted octanol–water partition coefficient (Wildman–Crippen LogP) is -0.853. The summed E-state index contributed by atoms with van der Waals surface area (Å²) in [4.78, 5) is 6.97. The first-order valence-corrected chi connectivity index (χ1v) is 3.36. The molecule has 2 aromatic heterocycles. The van der Waals surface area contributed by atoms with Gasteiger partial charge in [-0.05, 0) is 4.56 Å². The van der Waals surface area contributed by atoms with E-state index in [1.807, 2.05) is 0 Å². The number of fused-ring (bicyclic) bond motifs is 1. The van der Waals surface area contributed by atoms with Gasteiger partial charge in [-0.1, -0.05) is 0 Å². The van der Waals surface area contributed by atoms with Crippen molar-refractivity contribution in [2.24, 2.45) is 0 Å². The Morgan fingerprint density at radius 1 is 1.50 bits per heavy atom. The van der Waals surface area contributed by atoms with Gasteiger partial charge < -0.3 is 4.98 Å². The van der Waals surface area contributed by atoms with E-state index < -0.39 is 0 Å². The van der Waals surface area contributed by atoms with Crippen molar-refractivity contribution in [3.8, 4) is 0 Å². The number of rotatable bonds is 0. The Hall–Kier alpha value is -0.918. The van der Waals surface area contributed by atoms with Crippen molar-refractivity contribution in [1.29, 1.82) is 0 Å². The van der Waals surface area contributed by atoms with E-state index in [1.54, 1.807) is 12.5 Å². The number of aromatic nitrogens is 4. The van der Waals surface area contributed by atoms with Crippen molar-refractivity contribution < 1.29 is 0 Å². The van der Waals surface area contributed by atoms with Crippen LogP contribution in [0.5, 0.6) is 0 Å². The maximum absolute atomic E-state index is 4.04. The molecule has 46 valence electrons. The average molecular weight is 146 g/mol. The van der Waals surface area contributed by atoms with Gasteiger partial charge in [0.1, 0.15) is 0 Å². The van der Waals surface area contributed by atoms with Crippen LogP contribution in [0.15, 0.2) is 12.5 Å². The van der Waals surface area contributed by atoms with Crippen molar-refractivity contribution >= 4 is 31.9 Å². The van der Waals surface area contributed by atoms with Crippen LogP contribution >= 0.6 is 0 Å². The van der Waals surface area contributed by atoms with Gasteiger partial charge in [0, 0.05) is 0 Å². The Morgan fingerprint density at radius 2 is 2.40 bits per heavy atom. The average Bonchev–Trinajstić information content (AvgIpc) is 2.36. The zero-order valence-electron chi connectivity index (χ0n) is 5.07. The SMILES string of the molecule is [Al][c]1nncc2[nH]cnc12. The molecule has 2 heterocycles. The highest BCUT2D eigenvalue weighted by Crippen LogP contribution is 1.99. The standard InChI is InChI=1S/C5H3N4.Al/c1-4-5(2-9-8-1)7-3-6-4;/h1,3H,(H,6,7);. The van der Waals surface area contributed by atoms with Crippen LogP contribution in [0.1, 0.15) is 0 Å². The third-order valence-electron chi connectivity index (χ3n) is 1.26. The molecule has 0 amide bonds. The second kappa shape index (κ2) is 2.04. The lowest BCUT2D eigenvalue weighted by atomic mass is 10.5. The second-order valence-electron chi connectivity index (χ2n) is 1.89. The van der Waals surface area contributed by atoms with E-state index in [2.05, 4.69) is 36.5 Å². The Labute approximate surface area is 65.1 Å². The number of hydrogen-bond donors (Lipinski definition) is 1. The van der Waals surface area contributed by atoms with Crippen LogP contribution in [-0.4, -0.2) is 36.5 Å². The molecule has 0 saturated heterocycles. The molecule has 0 fully saturated rings. The minimum atomic E-state index is 0.777. The lowest BCUT2D eigenvalue weighted by Gasteiger charge is -1.89. The molecule has 10 heavy (non-hydrogen) atoms. The first kappa shape index (κ1) is 5.84. The van der Waals surface area contributed by atoms with Crippen LogP contribution in [0.2, 0.25) is 0 Å². The van der Waals surface area contributed by atoms with E-state index in [0.29, 0.717) is 0 Å². The highest BCUT2D eigenvalue weighted by Gasteiger charge is 1.97. The van der Waals surface area contributed by atoms with Gasteiger partial charge in [0.2, 0.25) is 16.3 Å². The molecule has 0 atom stereocenters. The molecule has 0 aliphatic heterocycles. The summed E-state index contributed by atoms with van der Waals surface area (Å²) in [7, 11) is 0. The van der Waals surface area contributed by atoms with E-state index in [0.717, 1.165) is 15.6 Å². The van der Waals surface area contributed by atoms with Gasteiger partial charge >= 0.3 is 0 Å². The monoisotopic (exact) mass is 146 g/mol. The van der Waals surface area contributed by atoms with Crippen LogP contribution in [0.3, 0.4) is 0 Å². The minimum absolute atomic E-state index is 0.777. The molecule has 1 N–H and O–H groups in total. The van der Waals surface area contributed by atoms with E-state index in [4.69, 9.17) is 0 Å². The first-order valence-electron chi connectivity index (χ1n) is 2.78. The number of hydrogen-bond acceptors (Lipinski definition) is 3. The number of aromatic amines is 1. The molecule has 0 aromatic carbocycles. The smallest absolute Gasteiger partial charge is 0.216 e. The molecule has 2 radical (unpaired) electrons. The summed E-state index contributed by atoms with van der Waals surface area (Å²) in [6, 6.07) is 0. The van der Waals surface area contributed by atoms with Gasteiger partial charge in [-0.3, -0.25) is 0 Å². The number of nitrogens with one attached hydrogen (secondary N) is 1. The quantitative estimate of drug-likeness (QED) is 0.492. The fourth-order valence-corrected chi connectivity index (χ4v) is 1.10. The molecule has 5 heteroatoms. The molecule has 2 aromatic rings. The van der Waals surface area contributed by atoms with Gasteiger partial charge in [0.25, 0.3) is 0 Å². The molecule has 0 aliphatic carbocycles. The van der Waals surface area contributed by atoms with Crippen LogP contribution < -0.4 is 4.56 Å². The van der Waals surface area contributed by atoms with Gasteiger partial charge in [-0.2, -0.15) is 10.2 Å². The summed E-state index contributed by atoms with van der Waals surface area (Å²) in [6.07, 6.45) is 3.28. The maximum Gasteiger partial charge on any atom is 0.216 e. The van der Waals surface area contributed by atoms with Gasteiger partial charge in [-0.15, -0.1) is 0 Å². The van der Waals surface area contributed by atoms with Gasteiger partial charge in [-0.25, -0.2) is 4.98 Å². The Morgan fingerprint density at radius 3 is 3.20 bits per heavy atom. The second-order valence-corrected chi connectivity index (χ2v) is 2.44. The highest BCUT2D eigenvalue weighted by molar-refractivity contribution is 6.36. The molecule has 0 saturated carbocycles. The van der Waals surface area contributed by atoms with E-state index >= 15 is 0 Å². The third-order valence-corrected chi connectivity index (χ3v) is 1.65. The van der Waals surface area contributed by atoms with Crippen molar-refractivity contribution in [3.63, 3.8) is 0 Å². The number of imidazole rings is 1.